The lowest BCUT2D eigenvalue weighted by molar-refractivity contribution is -0.146. The first-order chi connectivity index (χ1) is 25.5. The summed E-state index contributed by atoms with van der Waals surface area (Å²) in [6, 6.07) is 0. The van der Waals surface area contributed by atoms with Crippen LogP contribution in [0.5, 0.6) is 0 Å². The molecule has 0 aliphatic heterocycles. The van der Waals surface area contributed by atoms with Crippen LogP contribution in [0.3, 0.4) is 0 Å². The number of esters is 2. The Hall–Kier alpha value is -1.14. The molecular weight excluding hydrogens is 647 g/mol. The van der Waals surface area contributed by atoms with Crippen molar-refractivity contribution < 1.29 is 24.2 Å². The SMILES string of the molecule is CCCCCCCCC(CCCCCC)COC(=O)CCCCN(CCCCO)CCCCC(=O)OCC(CCCCCCC)CCCCCCC. The minimum Gasteiger partial charge on any atom is -0.465 e. The summed E-state index contributed by atoms with van der Waals surface area (Å²) in [7, 11) is 0. The van der Waals surface area contributed by atoms with Crippen molar-refractivity contribution in [1.29, 1.82) is 0 Å². The molecule has 6 nitrogen and oxygen atoms in total. The monoisotopic (exact) mass is 738 g/mol. The average molecular weight is 738 g/mol. The maximum Gasteiger partial charge on any atom is 0.305 e. The Morgan fingerprint density at radius 3 is 1.08 bits per heavy atom. The van der Waals surface area contributed by atoms with E-state index < -0.39 is 0 Å². The molecule has 0 spiro atoms. The molecule has 0 radical (unpaired) electrons. The summed E-state index contributed by atoms with van der Waals surface area (Å²) in [5.41, 5.74) is 0. The van der Waals surface area contributed by atoms with Gasteiger partial charge in [0.2, 0.25) is 0 Å². The zero-order chi connectivity index (χ0) is 38.2. The van der Waals surface area contributed by atoms with Gasteiger partial charge in [-0.1, -0.05) is 156 Å². The van der Waals surface area contributed by atoms with E-state index in [4.69, 9.17) is 9.47 Å². The first-order valence-electron chi connectivity index (χ1n) is 23.1. The van der Waals surface area contributed by atoms with E-state index in [0.29, 0.717) is 37.9 Å². The second kappa shape index (κ2) is 41.0. The summed E-state index contributed by atoms with van der Waals surface area (Å²) in [5.74, 6) is 0.937. The van der Waals surface area contributed by atoms with Gasteiger partial charge in [-0.25, -0.2) is 0 Å². The van der Waals surface area contributed by atoms with Crippen LogP contribution in [0.4, 0.5) is 0 Å². The van der Waals surface area contributed by atoms with E-state index in [0.717, 1.165) is 58.2 Å². The van der Waals surface area contributed by atoms with Gasteiger partial charge in [0, 0.05) is 19.4 Å². The first-order valence-corrected chi connectivity index (χ1v) is 23.1. The Bertz CT molecular complexity index is 732. The quantitative estimate of drug-likeness (QED) is 0.0496. The Kier molecular flexibility index (Phi) is 40.1. The first kappa shape index (κ1) is 50.9. The molecule has 0 aliphatic carbocycles. The summed E-state index contributed by atoms with van der Waals surface area (Å²) in [6.45, 7) is 13.3. The van der Waals surface area contributed by atoms with Crippen molar-refractivity contribution in [1.82, 2.24) is 4.90 Å². The summed E-state index contributed by atoms with van der Waals surface area (Å²) in [4.78, 5) is 27.8. The molecule has 0 rings (SSSR count). The fourth-order valence-corrected chi connectivity index (χ4v) is 7.33. The smallest absolute Gasteiger partial charge is 0.305 e. The molecule has 310 valence electrons. The highest BCUT2D eigenvalue weighted by Crippen LogP contribution is 2.21. The maximum absolute atomic E-state index is 12.7. The van der Waals surface area contributed by atoms with E-state index in [9.17, 15) is 14.7 Å². The number of rotatable bonds is 42. The maximum atomic E-state index is 12.7. The molecule has 0 aromatic heterocycles. The molecule has 1 N–H and O–H groups in total. The van der Waals surface area contributed by atoms with Gasteiger partial charge in [-0.3, -0.25) is 9.59 Å². The second-order valence-electron chi connectivity index (χ2n) is 16.1. The van der Waals surface area contributed by atoms with Crippen LogP contribution in [-0.2, 0) is 19.1 Å². The molecule has 0 aromatic rings. The predicted octanol–water partition coefficient (Wildman–Crippen LogP) is 13.2. The van der Waals surface area contributed by atoms with Crippen LogP contribution < -0.4 is 0 Å². The van der Waals surface area contributed by atoms with E-state index in [2.05, 4.69) is 32.6 Å². The molecule has 0 aliphatic rings. The van der Waals surface area contributed by atoms with Crippen molar-refractivity contribution in [3.63, 3.8) is 0 Å². The standard InChI is InChI=1S/C46H91NO5/c1-5-9-13-17-20-24-34-43(31-21-16-12-8-4)41-51-45(49)35-25-27-37-47(39-29-30-40-48)38-28-26-36-46(50)52-42-44(32-22-18-14-10-6-2)33-23-19-15-11-7-3/h43-44,48H,5-42H2,1-4H3. The van der Waals surface area contributed by atoms with Crippen LogP contribution in [-0.4, -0.2) is 61.4 Å². The number of hydrogen-bond acceptors (Lipinski definition) is 6. The number of ether oxygens (including phenoxy) is 2. The fourth-order valence-electron chi connectivity index (χ4n) is 7.33. The molecule has 0 saturated carbocycles. The van der Waals surface area contributed by atoms with Crippen molar-refractivity contribution in [2.24, 2.45) is 11.8 Å². The third-order valence-corrected chi connectivity index (χ3v) is 10.9. The van der Waals surface area contributed by atoms with Crippen molar-refractivity contribution in [3.05, 3.63) is 0 Å². The number of unbranched alkanes of at least 4 members (excludes halogenated alkanes) is 19. The van der Waals surface area contributed by atoms with Gasteiger partial charge in [0.1, 0.15) is 0 Å². The van der Waals surface area contributed by atoms with Crippen molar-refractivity contribution in [2.45, 2.75) is 233 Å². The number of carbonyl (C=O) groups is 2. The Balaban J connectivity index is 4.50. The number of aliphatic hydroxyl groups excluding tert-OH is 1. The topological polar surface area (TPSA) is 76.1 Å². The molecule has 1 unspecified atom stereocenters. The minimum absolute atomic E-state index is 0.0394. The molecular formula is C46H91NO5. The summed E-state index contributed by atoms with van der Waals surface area (Å²) in [6.07, 6.45) is 37.0. The Morgan fingerprint density at radius 1 is 0.423 bits per heavy atom. The molecule has 0 fully saturated rings. The average Bonchev–Trinajstić information content (AvgIpc) is 3.14. The number of nitrogens with zero attached hydrogens (tertiary/aromatic N) is 1. The van der Waals surface area contributed by atoms with Gasteiger partial charge in [0.05, 0.1) is 13.2 Å². The van der Waals surface area contributed by atoms with Gasteiger partial charge in [-0.2, -0.15) is 0 Å². The number of aliphatic hydroxyl groups is 1. The van der Waals surface area contributed by atoms with E-state index in [1.54, 1.807) is 0 Å². The van der Waals surface area contributed by atoms with Crippen LogP contribution in [0.1, 0.15) is 233 Å². The highest BCUT2D eigenvalue weighted by Gasteiger charge is 2.15. The molecule has 0 aromatic carbocycles. The van der Waals surface area contributed by atoms with Crippen LogP contribution in [0.2, 0.25) is 0 Å². The second-order valence-corrected chi connectivity index (χ2v) is 16.1. The molecule has 6 heteroatoms. The van der Waals surface area contributed by atoms with Crippen LogP contribution in [0.15, 0.2) is 0 Å². The van der Waals surface area contributed by atoms with Crippen molar-refractivity contribution >= 4 is 11.9 Å². The zero-order valence-corrected chi connectivity index (χ0v) is 35.6. The summed E-state index contributed by atoms with van der Waals surface area (Å²) >= 11 is 0. The van der Waals surface area contributed by atoms with Gasteiger partial charge in [0.25, 0.3) is 0 Å². The largest absolute Gasteiger partial charge is 0.465 e. The van der Waals surface area contributed by atoms with Crippen LogP contribution >= 0.6 is 0 Å². The predicted molar refractivity (Wildman–Crippen MR) is 223 cm³/mol. The van der Waals surface area contributed by atoms with Gasteiger partial charge in [-0.15, -0.1) is 0 Å². The Morgan fingerprint density at radius 2 is 0.731 bits per heavy atom. The zero-order valence-electron chi connectivity index (χ0n) is 35.6. The highest BCUT2D eigenvalue weighted by atomic mass is 16.5. The lowest BCUT2D eigenvalue weighted by atomic mass is 9.95. The van der Waals surface area contributed by atoms with E-state index in [1.165, 1.54) is 154 Å². The molecule has 0 saturated heterocycles. The van der Waals surface area contributed by atoms with Crippen molar-refractivity contribution in [3.8, 4) is 0 Å². The highest BCUT2D eigenvalue weighted by molar-refractivity contribution is 5.69. The fraction of sp³-hybridized carbons (Fsp3) is 0.957. The molecule has 52 heavy (non-hydrogen) atoms. The van der Waals surface area contributed by atoms with E-state index in [1.807, 2.05) is 0 Å². The molecule has 0 amide bonds. The Labute approximate surface area is 324 Å². The minimum atomic E-state index is -0.0397. The molecule has 0 bridgehead atoms. The number of carbonyl (C=O) groups excluding carboxylic acids is 2. The van der Waals surface area contributed by atoms with Crippen LogP contribution in [0.25, 0.3) is 0 Å². The van der Waals surface area contributed by atoms with Gasteiger partial charge < -0.3 is 19.5 Å². The van der Waals surface area contributed by atoms with E-state index in [-0.39, 0.29) is 18.5 Å². The normalized spacial score (nSPS) is 12.2. The molecule has 0 heterocycles. The van der Waals surface area contributed by atoms with Crippen LogP contribution in [0, 0.1) is 11.8 Å². The summed E-state index contributed by atoms with van der Waals surface area (Å²) < 4.78 is 11.6. The third-order valence-electron chi connectivity index (χ3n) is 10.9. The van der Waals surface area contributed by atoms with Gasteiger partial charge in [0.15, 0.2) is 0 Å². The lowest BCUT2D eigenvalue weighted by Crippen LogP contribution is -2.28. The third kappa shape index (κ3) is 35.9. The van der Waals surface area contributed by atoms with E-state index >= 15 is 0 Å². The number of hydrogen-bond donors (Lipinski definition) is 1. The molecule has 1 atom stereocenters. The lowest BCUT2D eigenvalue weighted by Gasteiger charge is -2.22. The summed E-state index contributed by atoms with van der Waals surface area (Å²) in [5, 5.41) is 9.31. The van der Waals surface area contributed by atoms with Gasteiger partial charge >= 0.3 is 11.9 Å². The van der Waals surface area contributed by atoms with Gasteiger partial charge in [-0.05, 0) is 95.7 Å². The van der Waals surface area contributed by atoms with Crippen molar-refractivity contribution in [2.75, 3.05) is 39.5 Å².